The molecule has 0 N–H and O–H groups in total. The van der Waals surface area contributed by atoms with Gasteiger partial charge in [-0.05, 0) is 47.5 Å². The highest BCUT2D eigenvalue weighted by atomic mass is 35.5. The van der Waals surface area contributed by atoms with Gasteiger partial charge in [-0.2, -0.15) is 0 Å². The number of hydrogen-bond donors (Lipinski definition) is 0. The van der Waals surface area contributed by atoms with Gasteiger partial charge in [0.25, 0.3) is 5.91 Å². The molecule has 1 aliphatic rings. The number of carbonyl (C=O) groups excluding carboxylic acids is 1. The molecular weight excluding hydrogens is 434 g/mol. The van der Waals surface area contributed by atoms with Crippen LogP contribution in [0.4, 0.5) is 8.78 Å². The van der Waals surface area contributed by atoms with Gasteiger partial charge in [0, 0.05) is 49.4 Å². The zero-order chi connectivity index (χ0) is 22.5. The van der Waals surface area contributed by atoms with E-state index in [1.807, 2.05) is 35.2 Å². The lowest BCUT2D eigenvalue weighted by atomic mass is 10.1. The molecule has 166 valence electrons. The molecule has 0 radical (unpaired) electrons. The Morgan fingerprint density at radius 2 is 1.66 bits per heavy atom. The highest BCUT2D eigenvalue weighted by Crippen LogP contribution is 2.20. The SMILES string of the molecule is O=C(c1cccc(COc2ccc(F)cc2F)c1)N1CCN(Cc2ccc(Cl)cc2)CC1. The first-order valence-electron chi connectivity index (χ1n) is 10.4. The first-order valence-corrected chi connectivity index (χ1v) is 10.8. The zero-order valence-corrected chi connectivity index (χ0v) is 18.2. The number of carbonyl (C=O) groups is 1. The molecule has 0 aliphatic carbocycles. The van der Waals surface area contributed by atoms with Gasteiger partial charge in [-0.3, -0.25) is 9.69 Å². The average molecular weight is 457 g/mol. The standard InChI is InChI=1S/C25H23ClF2N2O2/c26-21-6-4-18(5-7-21)16-29-10-12-30(13-11-29)25(31)20-3-1-2-19(14-20)17-32-24-9-8-22(27)15-23(24)28/h1-9,14-15H,10-13,16-17H2. The predicted molar refractivity (Wildman–Crippen MR) is 120 cm³/mol. The third-order valence-electron chi connectivity index (χ3n) is 5.44. The van der Waals surface area contributed by atoms with E-state index in [0.717, 1.165) is 42.4 Å². The number of rotatable bonds is 6. The molecule has 0 bridgehead atoms. The fraction of sp³-hybridized carbons (Fsp3) is 0.240. The second kappa shape index (κ2) is 10.1. The van der Waals surface area contributed by atoms with E-state index in [-0.39, 0.29) is 18.3 Å². The molecule has 32 heavy (non-hydrogen) atoms. The van der Waals surface area contributed by atoms with Crippen LogP contribution in [0.15, 0.2) is 66.7 Å². The monoisotopic (exact) mass is 456 g/mol. The maximum Gasteiger partial charge on any atom is 0.253 e. The molecule has 1 heterocycles. The van der Waals surface area contributed by atoms with E-state index in [1.54, 1.807) is 18.2 Å². The molecule has 7 heteroatoms. The molecule has 0 atom stereocenters. The average Bonchev–Trinajstić information content (AvgIpc) is 2.80. The van der Waals surface area contributed by atoms with E-state index in [2.05, 4.69) is 4.90 Å². The summed E-state index contributed by atoms with van der Waals surface area (Å²) in [5.41, 5.74) is 2.50. The van der Waals surface area contributed by atoms with Crippen LogP contribution in [0.25, 0.3) is 0 Å². The fourth-order valence-electron chi connectivity index (χ4n) is 3.69. The van der Waals surface area contributed by atoms with Crippen LogP contribution >= 0.6 is 11.6 Å². The third-order valence-corrected chi connectivity index (χ3v) is 5.69. The molecule has 3 aromatic rings. The summed E-state index contributed by atoms with van der Waals surface area (Å²) in [6, 6.07) is 18.1. The maximum atomic E-state index is 13.8. The molecule has 0 aromatic heterocycles. The molecular formula is C25H23ClF2N2O2. The van der Waals surface area contributed by atoms with E-state index < -0.39 is 11.6 Å². The molecule has 3 aromatic carbocycles. The van der Waals surface area contributed by atoms with E-state index in [0.29, 0.717) is 18.7 Å². The predicted octanol–water partition coefficient (Wildman–Crippen LogP) is 5.16. The van der Waals surface area contributed by atoms with Gasteiger partial charge in [0.2, 0.25) is 0 Å². The summed E-state index contributed by atoms with van der Waals surface area (Å²) in [6.07, 6.45) is 0. The van der Waals surface area contributed by atoms with E-state index >= 15 is 0 Å². The first-order chi connectivity index (χ1) is 15.5. The Hall–Kier alpha value is -2.96. The molecule has 1 saturated heterocycles. The number of piperazine rings is 1. The number of ether oxygens (including phenoxy) is 1. The fourth-order valence-corrected chi connectivity index (χ4v) is 3.81. The summed E-state index contributed by atoms with van der Waals surface area (Å²) in [6.45, 7) is 3.79. The lowest BCUT2D eigenvalue weighted by Crippen LogP contribution is -2.48. The van der Waals surface area contributed by atoms with Crippen molar-refractivity contribution in [1.29, 1.82) is 0 Å². The van der Waals surface area contributed by atoms with E-state index in [1.165, 1.54) is 11.6 Å². The molecule has 0 saturated carbocycles. The van der Waals surface area contributed by atoms with Gasteiger partial charge in [-0.15, -0.1) is 0 Å². The minimum absolute atomic E-state index is 0.0278. The quantitative estimate of drug-likeness (QED) is 0.514. The second-order valence-electron chi connectivity index (χ2n) is 7.76. The van der Waals surface area contributed by atoms with Crippen LogP contribution in [-0.2, 0) is 13.2 Å². The summed E-state index contributed by atoms with van der Waals surface area (Å²) < 4.78 is 32.2. The van der Waals surface area contributed by atoms with Gasteiger partial charge in [0.15, 0.2) is 11.6 Å². The number of benzene rings is 3. The normalized spacial score (nSPS) is 14.4. The number of hydrogen-bond acceptors (Lipinski definition) is 3. The Morgan fingerprint density at radius 3 is 2.38 bits per heavy atom. The van der Waals surface area contributed by atoms with Crippen LogP contribution in [-0.4, -0.2) is 41.9 Å². The molecule has 0 unspecified atom stereocenters. The Labute approximate surface area is 191 Å². The van der Waals surface area contributed by atoms with Crippen molar-refractivity contribution < 1.29 is 18.3 Å². The molecule has 1 fully saturated rings. The largest absolute Gasteiger partial charge is 0.486 e. The number of nitrogens with zero attached hydrogens (tertiary/aromatic N) is 2. The van der Waals surface area contributed by atoms with Crippen molar-refractivity contribution >= 4 is 17.5 Å². The van der Waals surface area contributed by atoms with Crippen LogP contribution in [0.5, 0.6) is 5.75 Å². The Morgan fingerprint density at radius 1 is 0.906 bits per heavy atom. The van der Waals surface area contributed by atoms with E-state index in [4.69, 9.17) is 16.3 Å². The van der Waals surface area contributed by atoms with E-state index in [9.17, 15) is 13.6 Å². The second-order valence-corrected chi connectivity index (χ2v) is 8.20. The Balaban J connectivity index is 1.32. The van der Waals surface area contributed by atoms with Gasteiger partial charge >= 0.3 is 0 Å². The minimum atomic E-state index is -0.756. The van der Waals surface area contributed by atoms with Crippen molar-refractivity contribution in [2.75, 3.05) is 26.2 Å². The topological polar surface area (TPSA) is 32.8 Å². The lowest BCUT2D eigenvalue weighted by Gasteiger charge is -2.34. The minimum Gasteiger partial charge on any atom is -0.486 e. The maximum absolute atomic E-state index is 13.8. The number of amides is 1. The van der Waals surface area contributed by atoms with Gasteiger partial charge < -0.3 is 9.64 Å². The Bertz CT molecular complexity index is 1080. The van der Waals surface area contributed by atoms with Crippen LogP contribution in [0.3, 0.4) is 0 Å². The van der Waals surface area contributed by atoms with Crippen LogP contribution in [0.2, 0.25) is 5.02 Å². The van der Waals surface area contributed by atoms with Crippen LogP contribution in [0, 0.1) is 11.6 Å². The van der Waals surface area contributed by atoms with Crippen molar-refractivity contribution in [3.05, 3.63) is 100 Å². The molecule has 4 nitrogen and oxygen atoms in total. The highest BCUT2D eigenvalue weighted by Gasteiger charge is 2.22. The van der Waals surface area contributed by atoms with Crippen molar-refractivity contribution in [1.82, 2.24) is 9.80 Å². The smallest absolute Gasteiger partial charge is 0.253 e. The summed E-state index contributed by atoms with van der Waals surface area (Å²) >= 11 is 5.95. The van der Waals surface area contributed by atoms with Gasteiger partial charge in [0.1, 0.15) is 12.4 Å². The highest BCUT2D eigenvalue weighted by molar-refractivity contribution is 6.30. The summed E-state index contributed by atoms with van der Waals surface area (Å²) in [7, 11) is 0. The Kier molecular flexibility index (Phi) is 7.02. The van der Waals surface area contributed by atoms with Gasteiger partial charge in [0.05, 0.1) is 0 Å². The molecule has 1 amide bonds. The molecule has 0 spiro atoms. The third kappa shape index (κ3) is 5.64. The summed E-state index contributed by atoms with van der Waals surface area (Å²) in [4.78, 5) is 17.1. The van der Waals surface area contributed by atoms with Crippen LogP contribution < -0.4 is 4.74 Å². The van der Waals surface area contributed by atoms with Crippen molar-refractivity contribution in [2.24, 2.45) is 0 Å². The van der Waals surface area contributed by atoms with Gasteiger partial charge in [-0.25, -0.2) is 8.78 Å². The van der Waals surface area contributed by atoms with Crippen molar-refractivity contribution in [2.45, 2.75) is 13.2 Å². The summed E-state index contributed by atoms with van der Waals surface area (Å²) in [5, 5.41) is 0.722. The molecule has 1 aliphatic heterocycles. The first kappa shape index (κ1) is 22.2. The molecule has 4 rings (SSSR count). The van der Waals surface area contributed by atoms with Crippen molar-refractivity contribution in [3.8, 4) is 5.75 Å². The number of halogens is 3. The van der Waals surface area contributed by atoms with Gasteiger partial charge in [-0.1, -0.05) is 35.9 Å². The van der Waals surface area contributed by atoms with Crippen LogP contribution in [0.1, 0.15) is 21.5 Å². The van der Waals surface area contributed by atoms with Crippen molar-refractivity contribution in [3.63, 3.8) is 0 Å². The summed E-state index contributed by atoms with van der Waals surface area (Å²) in [5.74, 6) is -1.48. The zero-order valence-electron chi connectivity index (χ0n) is 17.4. The lowest BCUT2D eigenvalue weighted by molar-refractivity contribution is 0.0628.